The zero-order chi connectivity index (χ0) is 14.0. The highest BCUT2D eigenvalue weighted by atomic mass is 16.3. The van der Waals surface area contributed by atoms with Crippen molar-refractivity contribution in [1.29, 1.82) is 0 Å². The largest absolute Gasteiger partial charge is 0.504 e. The standard InChI is InChI=1S/C13H14N2O4/c1-2-3-8-12(18)14-11(15-13(8)19)7-4-5-9(16)10(17)6-7/h4-6,16-17H,2-3H2,1H3,(H2,14,15,18,19). The molecule has 1 aromatic carbocycles. The predicted molar refractivity (Wildman–Crippen MR) is 69.3 cm³/mol. The molecule has 1 aromatic heterocycles. The highest BCUT2D eigenvalue weighted by Crippen LogP contribution is 2.29. The second-order valence-corrected chi connectivity index (χ2v) is 4.17. The Bertz CT molecular complexity index is 664. The number of nitrogens with one attached hydrogen (secondary N) is 1. The van der Waals surface area contributed by atoms with Crippen molar-refractivity contribution in [2.45, 2.75) is 19.8 Å². The van der Waals surface area contributed by atoms with E-state index < -0.39 is 5.56 Å². The topological polar surface area (TPSA) is 106 Å². The highest BCUT2D eigenvalue weighted by Gasteiger charge is 2.12. The Morgan fingerprint density at radius 1 is 1.21 bits per heavy atom. The number of aromatic nitrogens is 2. The van der Waals surface area contributed by atoms with Gasteiger partial charge in [-0.2, -0.15) is 4.98 Å². The van der Waals surface area contributed by atoms with Gasteiger partial charge in [-0.3, -0.25) is 4.79 Å². The number of hydrogen-bond acceptors (Lipinski definition) is 5. The first-order valence-corrected chi connectivity index (χ1v) is 5.87. The van der Waals surface area contributed by atoms with E-state index in [0.717, 1.165) is 6.42 Å². The monoisotopic (exact) mass is 262 g/mol. The van der Waals surface area contributed by atoms with Crippen molar-refractivity contribution in [2.75, 3.05) is 0 Å². The fourth-order valence-corrected chi connectivity index (χ4v) is 1.77. The Labute approximate surface area is 109 Å². The van der Waals surface area contributed by atoms with Crippen LogP contribution in [0.15, 0.2) is 23.0 Å². The molecule has 0 aliphatic heterocycles. The number of aromatic hydroxyl groups is 3. The molecule has 0 unspecified atom stereocenters. The van der Waals surface area contributed by atoms with Gasteiger partial charge in [0.15, 0.2) is 11.5 Å². The Hall–Kier alpha value is -2.50. The average molecular weight is 262 g/mol. The van der Waals surface area contributed by atoms with Crippen molar-refractivity contribution in [3.63, 3.8) is 0 Å². The summed E-state index contributed by atoms with van der Waals surface area (Å²) in [5.74, 6) is -0.763. The molecule has 4 N–H and O–H groups in total. The summed E-state index contributed by atoms with van der Waals surface area (Å²) in [4.78, 5) is 18.3. The summed E-state index contributed by atoms with van der Waals surface area (Å²) in [6, 6.07) is 4.01. The molecule has 100 valence electrons. The molecule has 0 fully saturated rings. The van der Waals surface area contributed by atoms with Gasteiger partial charge in [-0.1, -0.05) is 13.3 Å². The zero-order valence-corrected chi connectivity index (χ0v) is 10.3. The minimum atomic E-state index is -0.406. The maximum absolute atomic E-state index is 11.8. The van der Waals surface area contributed by atoms with Crippen LogP contribution >= 0.6 is 0 Å². The average Bonchev–Trinajstić information content (AvgIpc) is 2.37. The quantitative estimate of drug-likeness (QED) is 0.627. The second-order valence-electron chi connectivity index (χ2n) is 4.17. The molecule has 2 rings (SSSR count). The molecule has 0 spiro atoms. The molecule has 19 heavy (non-hydrogen) atoms. The maximum atomic E-state index is 11.8. The Kier molecular flexibility index (Phi) is 3.41. The van der Waals surface area contributed by atoms with Gasteiger partial charge in [-0.25, -0.2) is 0 Å². The lowest BCUT2D eigenvalue weighted by molar-refractivity contribution is 0.404. The number of hydrogen-bond donors (Lipinski definition) is 4. The van der Waals surface area contributed by atoms with Crippen molar-refractivity contribution in [3.05, 3.63) is 34.1 Å². The molecule has 6 heteroatoms. The number of phenols is 2. The van der Waals surface area contributed by atoms with Crippen LogP contribution < -0.4 is 5.56 Å². The Balaban J connectivity index is 2.52. The summed E-state index contributed by atoms with van der Waals surface area (Å²) in [5.41, 5.74) is 0.233. The van der Waals surface area contributed by atoms with E-state index in [1.807, 2.05) is 6.92 Å². The van der Waals surface area contributed by atoms with Crippen LogP contribution in [-0.2, 0) is 6.42 Å². The van der Waals surface area contributed by atoms with Crippen LogP contribution in [0, 0.1) is 0 Å². The molecule has 0 atom stereocenters. The number of benzene rings is 1. The number of rotatable bonds is 3. The van der Waals surface area contributed by atoms with Crippen LogP contribution in [0.2, 0.25) is 0 Å². The molecule has 0 aliphatic rings. The molecule has 0 saturated carbocycles. The molecule has 0 saturated heterocycles. The molecule has 1 heterocycles. The lowest BCUT2D eigenvalue weighted by atomic mass is 10.1. The van der Waals surface area contributed by atoms with E-state index in [2.05, 4.69) is 9.97 Å². The number of phenolic OH excluding ortho intramolecular Hbond substituents is 2. The van der Waals surface area contributed by atoms with E-state index >= 15 is 0 Å². The normalized spacial score (nSPS) is 10.6. The van der Waals surface area contributed by atoms with Gasteiger partial charge in [0.1, 0.15) is 5.82 Å². The molecule has 0 aliphatic carbocycles. The molecule has 0 amide bonds. The van der Waals surface area contributed by atoms with Crippen molar-refractivity contribution < 1.29 is 15.3 Å². The van der Waals surface area contributed by atoms with Crippen molar-refractivity contribution in [3.8, 4) is 28.8 Å². The number of nitrogens with zero attached hydrogens (tertiary/aromatic N) is 1. The van der Waals surface area contributed by atoms with Gasteiger partial charge in [-0.15, -0.1) is 0 Å². The van der Waals surface area contributed by atoms with E-state index in [4.69, 9.17) is 0 Å². The van der Waals surface area contributed by atoms with E-state index in [1.165, 1.54) is 18.2 Å². The molecular formula is C13H14N2O4. The van der Waals surface area contributed by atoms with E-state index in [1.54, 1.807) is 0 Å². The SMILES string of the molecule is CCCc1c(O)nc(-c2ccc(O)c(O)c2)[nH]c1=O. The first-order chi connectivity index (χ1) is 9.02. The van der Waals surface area contributed by atoms with Crippen molar-refractivity contribution >= 4 is 0 Å². The van der Waals surface area contributed by atoms with Crippen LogP contribution in [0.5, 0.6) is 17.4 Å². The third-order valence-electron chi connectivity index (χ3n) is 2.74. The lowest BCUT2D eigenvalue weighted by Crippen LogP contribution is -2.15. The molecule has 0 radical (unpaired) electrons. The van der Waals surface area contributed by atoms with Gasteiger partial charge >= 0.3 is 0 Å². The van der Waals surface area contributed by atoms with Crippen LogP contribution in [-0.4, -0.2) is 25.3 Å². The molecule has 6 nitrogen and oxygen atoms in total. The van der Waals surface area contributed by atoms with Crippen LogP contribution in [0.4, 0.5) is 0 Å². The number of H-pyrrole nitrogens is 1. The highest BCUT2D eigenvalue weighted by molar-refractivity contribution is 5.60. The summed E-state index contributed by atoms with van der Waals surface area (Å²) in [6.45, 7) is 1.89. The van der Waals surface area contributed by atoms with E-state index in [-0.39, 0.29) is 28.8 Å². The fraction of sp³-hybridized carbons (Fsp3) is 0.231. The maximum Gasteiger partial charge on any atom is 0.258 e. The summed E-state index contributed by atoms with van der Waals surface area (Å²) >= 11 is 0. The summed E-state index contributed by atoms with van der Waals surface area (Å²) < 4.78 is 0. The minimum absolute atomic E-state index is 0.137. The van der Waals surface area contributed by atoms with Gasteiger partial charge in [0.25, 0.3) is 5.56 Å². The van der Waals surface area contributed by atoms with Crippen LogP contribution in [0.1, 0.15) is 18.9 Å². The van der Waals surface area contributed by atoms with Crippen LogP contribution in [0.3, 0.4) is 0 Å². The predicted octanol–water partition coefficient (Wildman–Crippen LogP) is 1.51. The van der Waals surface area contributed by atoms with Gasteiger partial charge in [0, 0.05) is 5.56 Å². The van der Waals surface area contributed by atoms with E-state index in [0.29, 0.717) is 12.0 Å². The van der Waals surface area contributed by atoms with Gasteiger partial charge in [0.2, 0.25) is 5.88 Å². The Morgan fingerprint density at radius 3 is 2.53 bits per heavy atom. The van der Waals surface area contributed by atoms with Gasteiger partial charge in [-0.05, 0) is 24.6 Å². The summed E-state index contributed by atoms with van der Waals surface area (Å²) in [6.07, 6.45) is 1.16. The third-order valence-corrected chi connectivity index (χ3v) is 2.74. The number of aromatic amines is 1. The molecule has 0 bridgehead atoms. The first-order valence-electron chi connectivity index (χ1n) is 5.87. The molecule has 2 aromatic rings. The van der Waals surface area contributed by atoms with Crippen molar-refractivity contribution in [1.82, 2.24) is 9.97 Å². The Morgan fingerprint density at radius 2 is 1.95 bits per heavy atom. The van der Waals surface area contributed by atoms with Crippen LogP contribution in [0.25, 0.3) is 11.4 Å². The summed E-state index contributed by atoms with van der Waals surface area (Å²) in [7, 11) is 0. The third kappa shape index (κ3) is 2.52. The smallest absolute Gasteiger partial charge is 0.258 e. The fourth-order valence-electron chi connectivity index (χ4n) is 1.77. The first kappa shape index (κ1) is 12.9. The summed E-state index contributed by atoms with van der Waals surface area (Å²) in [5, 5.41) is 28.4. The van der Waals surface area contributed by atoms with Gasteiger partial charge < -0.3 is 20.3 Å². The zero-order valence-electron chi connectivity index (χ0n) is 10.3. The minimum Gasteiger partial charge on any atom is -0.504 e. The van der Waals surface area contributed by atoms with Gasteiger partial charge in [0.05, 0.1) is 5.56 Å². The second kappa shape index (κ2) is 5.01. The molecular weight excluding hydrogens is 248 g/mol. The lowest BCUT2D eigenvalue weighted by Gasteiger charge is -2.06. The van der Waals surface area contributed by atoms with Crippen molar-refractivity contribution in [2.24, 2.45) is 0 Å². The van der Waals surface area contributed by atoms with E-state index in [9.17, 15) is 20.1 Å².